The number of carbonyl (C=O) groups is 2. The Kier molecular flexibility index (Phi) is 11.3. The first-order valence-corrected chi connectivity index (χ1v) is 15.6. The Bertz CT molecular complexity index is 1450. The molecule has 0 radical (unpaired) electrons. The minimum absolute atomic E-state index is 0.000867. The van der Waals surface area contributed by atoms with E-state index in [1.165, 1.54) is 16.3 Å². The Hall–Kier alpha value is -2.78. The number of aryl methyl sites for hydroxylation is 1. The van der Waals surface area contributed by atoms with Gasteiger partial charge < -0.3 is 10.2 Å². The first-order valence-electron chi connectivity index (χ1n) is 12.6. The lowest BCUT2D eigenvalue weighted by molar-refractivity contribution is -0.141. The van der Waals surface area contributed by atoms with Crippen LogP contribution in [-0.4, -0.2) is 51.0 Å². The average Bonchev–Trinajstić information content (AvgIpc) is 2.90. The Labute approximate surface area is 251 Å². The molecule has 40 heavy (non-hydrogen) atoms. The monoisotopic (exact) mass is 623 g/mol. The van der Waals surface area contributed by atoms with Gasteiger partial charge >= 0.3 is 0 Å². The van der Waals surface area contributed by atoms with Gasteiger partial charge in [0.15, 0.2) is 0 Å². The molecule has 0 saturated heterocycles. The van der Waals surface area contributed by atoms with E-state index < -0.39 is 16.1 Å². The molecule has 214 valence electrons. The molecule has 0 saturated carbocycles. The molecule has 1 unspecified atom stereocenters. The van der Waals surface area contributed by atoms with E-state index in [0.29, 0.717) is 26.3 Å². The highest BCUT2D eigenvalue weighted by molar-refractivity contribution is 7.92. The fourth-order valence-corrected chi connectivity index (χ4v) is 6.04. The molecule has 0 spiro atoms. The van der Waals surface area contributed by atoms with Crippen molar-refractivity contribution in [3.05, 3.63) is 98.5 Å². The molecule has 2 amide bonds. The molecule has 11 heteroatoms. The van der Waals surface area contributed by atoms with Crippen LogP contribution in [0.5, 0.6) is 0 Å². The second-order valence-corrected chi connectivity index (χ2v) is 12.6. The van der Waals surface area contributed by atoms with Crippen LogP contribution in [0.15, 0.2) is 66.7 Å². The number of nitrogens with zero attached hydrogens (tertiary/aromatic N) is 2. The van der Waals surface area contributed by atoms with Gasteiger partial charge in [-0.15, -0.1) is 0 Å². The van der Waals surface area contributed by atoms with Crippen molar-refractivity contribution in [2.24, 2.45) is 0 Å². The maximum atomic E-state index is 13.8. The van der Waals surface area contributed by atoms with Crippen molar-refractivity contribution in [1.29, 1.82) is 0 Å². The van der Waals surface area contributed by atoms with Gasteiger partial charge in [0.25, 0.3) is 0 Å². The first-order chi connectivity index (χ1) is 18.9. The third-order valence-electron chi connectivity index (χ3n) is 6.47. The van der Waals surface area contributed by atoms with Crippen molar-refractivity contribution >= 4 is 62.3 Å². The average molecular weight is 625 g/mol. The molecule has 1 atom stereocenters. The van der Waals surface area contributed by atoms with Gasteiger partial charge in [0.05, 0.1) is 11.9 Å². The first kappa shape index (κ1) is 31.7. The zero-order valence-electron chi connectivity index (χ0n) is 22.5. The number of sulfonamides is 1. The van der Waals surface area contributed by atoms with Crippen LogP contribution >= 0.6 is 34.8 Å². The van der Waals surface area contributed by atoms with E-state index in [-0.39, 0.29) is 44.2 Å². The largest absolute Gasteiger partial charge is 0.357 e. The summed E-state index contributed by atoms with van der Waals surface area (Å²) in [6.45, 7) is 1.93. The van der Waals surface area contributed by atoms with E-state index >= 15 is 0 Å². The van der Waals surface area contributed by atoms with Gasteiger partial charge in [0, 0.05) is 48.0 Å². The zero-order chi connectivity index (χ0) is 29.4. The van der Waals surface area contributed by atoms with Gasteiger partial charge in [-0.2, -0.15) is 0 Å². The Morgan fingerprint density at radius 2 is 1.60 bits per heavy atom. The molecule has 0 aliphatic carbocycles. The number of nitrogens with one attached hydrogen (secondary N) is 1. The van der Waals surface area contributed by atoms with E-state index in [4.69, 9.17) is 34.8 Å². The van der Waals surface area contributed by atoms with Crippen molar-refractivity contribution in [3.8, 4) is 0 Å². The van der Waals surface area contributed by atoms with Crippen molar-refractivity contribution < 1.29 is 18.0 Å². The van der Waals surface area contributed by atoms with E-state index in [1.807, 2.05) is 30.3 Å². The maximum Gasteiger partial charge on any atom is 0.242 e. The lowest BCUT2D eigenvalue weighted by Gasteiger charge is -2.32. The van der Waals surface area contributed by atoms with Crippen LogP contribution in [0, 0.1) is 6.92 Å². The number of amides is 2. The van der Waals surface area contributed by atoms with E-state index in [1.54, 1.807) is 43.3 Å². The molecule has 0 fully saturated rings. The molecule has 0 aliphatic heterocycles. The molecule has 0 aromatic heterocycles. The van der Waals surface area contributed by atoms with Gasteiger partial charge in [-0.05, 0) is 54.3 Å². The second-order valence-electron chi connectivity index (χ2n) is 9.45. The SMILES string of the molecule is CNC(=O)C(Cc1ccccc1)N(Cc1ccc(Cl)cc1Cl)C(=O)CCCN(c1cc(Cl)ccc1C)S(C)(=O)=O. The molecule has 3 aromatic rings. The second kappa shape index (κ2) is 14.2. The number of rotatable bonds is 12. The molecule has 0 heterocycles. The van der Waals surface area contributed by atoms with E-state index in [2.05, 4.69) is 5.32 Å². The van der Waals surface area contributed by atoms with Crippen molar-refractivity contribution in [3.63, 3.8) is 0 Å². The fraction of sp³-hybridized carbons (Fsp3) is 0.310. The van der Waals surface area contributed by atoms with Gasteiger partial charge in [0.1, 0.15) is 6.04 Å². The highest BCUT2D eigenvalue weighted by atomic mass is 35.5. The summed E-state index contributed by atoms with van der Waals surface area (Å²) in [5.74, 6) is -0.638. The Morgan fingerprint density at radius 1 is 0.950 bits per heavy atom. The Balaban J connectivity index is 1.89. The van der Waals surface area contributed by atoms with Crippen LogP contribution in [0.3, 0.4) is 0 Å². The number of halogens is 3. The number of carbonyl (C=O) groups excluding carboxylic acids is 2. The maximum absolute atomic E-state index is 13.8. The van der Waals surface area contributed by atoms with E-state index in [0.717, 1.165) is 17.4 Å². The van der Waals surface area contributed by atoms with Crippen LogP contribution in [0.1, 0.15) is 29.5 Å². The number of hydrogen-bond acceptors (Lipinski definition) is 4. The van der Waals surface area contributed by atoms with Crippen LogP contribution in [-0.2, 0) is 32.6 Å². The van der Waals surface area contributed by atoms with Crippen LogP contribution in [0.25, 0.3) is 0 Å². The number of likely N-dealkylation sites (N-methyl/N-ethyl adjacent to an activating group) is 1. The summed E-state index contributed by atoms with van der Waals surface area (Å²) in [6.07, 6.45) is 1.62. The normalized spacial score (nSPS) is 12.1. The summed E-state index contributed by atoms with van der Waals surface area (Å²) in [5.41, 5.74) is 2.71. The highest BCUT2D eigenvalue weighted by Gasteiger charge is 2.30. The molecule has 1 N–H and O–H groups in total. The molecule has 7 nitrogen and oxygen atoms in total. The predicted octanol–water partition coefficient (Wildman–Crippen LogP) is 5.89. The fourth-order valence-electron chi connectivity index (χ4n) is 4.39. The Morgan fingerprint density at radius 3 is 2.23 bits per heavy atom. The lowest BCUT2D eigenvalue weighted by Crippen LogP contribution is -2.49. The molecule has 3 aromatic carbocycles. The summed E-state index contributed by atoms with van der Waals surface area (Å²) >= 11 is 18.7. The van der Waals surface area contributed by atoms with Crippen LogP contribution < -0.4 is 9.62 Å². The minimum Gasteiger partial charge on any atom is -0.357 e. The quantitative estimate of drug-likeness (QED) is 0.272. The number of hydrogen-bond donors (Lipinski definition) is 1. The molecular weight excluding hydrogens is 593 g/mol. The van der Waals surface area contributed by atoms with E-state index in [9.17, 15) is 18.0 Å². The van der Waals surface area contributed by atoms with Crippen LogP contribution in [0.4, 0.5) is 5.69 Å². The highest BCUT2D eigenvalue weighted by Crippen LogP contribution is 2.28. The summed E-state index contributed by atoms with van der Waals surface area (Å²) in [7, 11) is -2.13. The smallest absolute Gasteiger partial charge is 0.242 e. The van der Waals surface area contributed by atoms with Gasteiger partial charge in [-0.3, -0.25) is 13.9 Å². The third-order valence-corrected chi connectivity index (χ3v) is 8.47. The summed E-state index contributed by atoms with van der Waals surface area (Å²) in [6, 6.07) is 18.6. The molecule has 0 aliphatic rings. The summed E-state index contributed by atoms with van der Waals surface area (Å²) in [4.78, 5) is 28.4. The predicted molar refractivity (Wildman–Crippen MR) is 163 cm³/mol. The molecular formula is C29H32Cl3N3O4S. The topological polar surface area (TPSA) is 86.8 Å². The number of anilines is 1. The lowest BCUT2D eigenvalue weighted by atomic mass is 10.0. The summed E-state index contributed by atoms with van der Waals surface area (Å²) in [5, 5.41) is 3.91. The van der Waals surface area contributed by atoms with Gasteiger partial charge in [-0.1, -0.05) is 77.3 Å². The van der Waals surface area contributed by atoms with Crippen molar-refractivity contribution in [1.82, 2.24) is 10.2 Å². The van der Waals surface area contributed by atoms with Crippen molar-refractivity contribution in [2.45, 2.75) is 38.8 Å². The third kappa shape index (κ3) is 8.61. The van der Waals surface area contributed by atoms with Gasteiger partial charge in [0.2, 0.25) is 21.8 Å². The summed E-state index contributed by atoms with van der Waals surface area (Å²) < 4.78 is 26.6. The van der Waals surface area contributed by atoms with Crippen LogP contribution in [0.2, 0.25) is 15.1 Å². The zero-order valence-corrected chi connectivity index (χ0v) is 25.6. The minimum atomic E-state index is -3.65. The van der Waals surface area contributed by atoms with Gasteiger partial charge in [-0.25, -0.2) is 8.42 Å². The molecule has 0 bridgehead atoms. The van der Waals surface area contributed by atoms with Crippen molar-refractivity contribution in [2.75, 3.05) is 24.2 Å². The standard InChI is InChI=1S/C29H32Cl3N3O4S/c1-20-11-13-24(31)18-26(20)35(40(3,38)39)15-7-10-28(36)34(19-22-12-14-23(30)17-25(22)32)27(29(37)33-2)16-21-8-5-4-6-9-21/h4-6,8-9,11-14,17-18,27H,7,10,15-16,19H2,1-3H3,(H,33,37). The molecule has 3 rings (SSSR count). The number of benzene rings is 3.